The fraction of sp³-hybridized carbons (Fsp3) is 0.708. The molecule has 2 fully saturated rings. The normalized spacial score (nSPS) is 18.4. The van der Waals surface area contributed by atoms with E-state index >= 15 is 0 Å². The van der Waals surface area contributed by atoms with Crippen LogP contribution in [0.25, 0.3) is 11.0 Å². The number of morpholine rings is 1. The van der Waals surface area contributed by atoms with Crippen LogP contribution in [-0.2, 0) is 23.0 Å². The van der Waals surface area contributed by atoms with Gasteiger partial charge in [-0.2, -0.15) is 0 Å². The van der Waals surface area contributed by atoms with Gasteiger partial charge in [0, 0.05) is 45.3 Å². The molecule has 2 aliphatic rings. The van der Waals surface area contributed by atoms with Crippen LogP contribution >= 0.6 is 0 Å². The third kappa shape index (κ3) is 4.91. The summed E-state index contributed by atoms with van der Waals surface area (Å²) in [7, 11) is 3.51. The smallest absolute Gasteiger partial charge is 0.242 e. The Hall–Kier alpha value is -2.19. The first-order valence-corrected chi connectivity index (χ1v) is 11.9. The minimum absolute atomic E-state index is 0.258. The van der Waals surface area contributed by atoms with Gasteiger partial charge in [-0.1, -0.05) is 0 Å². The highest BCUT2D eigenvalue weighted by Gasteiger charge is 2.24. The molecule has 8 heteroatoms. The van der Waals surface area contributed by atoms with E-state index in [1.807, 2.05) is 14.0 Å². The molecule has 0 saturated carbocycles. The number of hydrogen-bond acceptors (Lipinski definition) is 6. The Labute approximate surface area is 190 Å². The van der Waals surface area contributed by atoms with E-state index in [-0.39, 0.29) is 5.91 Å². The third-order valence-electron chi connectivity index (χ3n) is 7.23. The highest BCUT2D eigenvalue weighted by atomic mass is 16.5. The summed E-state index contributed by atoms with van der Waals surface area (Å²) in [5.74, 6) is 1.59. The number of likely N-dealkylation sites (tertiary alicyclic amines) is 1. The first-order chi connectivity index (χ1) is 15.5. The molecule has 0 radical (unpaired) electrons. The summed E-state index contributed by atoms with van der Waals surface area (Å²) in [6, 6.07) is 0. The molecule has 0 aliphatic carbocycles. The monoisotopic (exact) mass is 443 g/mol. The van der Waals surface area contributed by atoms with Gasteiger partial charge in [-0.05, 0) is 63.1 Å². The molecular formula is C24H37N5O3. The van der Waals surface area contributed by atoms with Crippen LogP contribution in [0.3, 0.4) is 0 Å². The molecular weight excluding hydrogens is 406 g/mol. The van der Waals surface area contributed by atoms with E-state index in [1.165, 1.54) is 6.42 Å². The number of carbonyl (C=O) groups excluding carboxylic acids is 1. The largest absolute Gasteiger partial charge is 0.479 e. The molecule has 0 spiro atoms. The van der Waals surface area contributed by atoms with E-state index in [0.717, 1.165) is 92.6 Å². The summed E-state index contributed by atoms with van der Waals surface area (Å²) in [5.41, 5.74) is 4.05. The maximum absolute atomic E-state index is 12.9. The minimum atomic E-state index is 0.258. The van der Waals surface area contributed by atoms with Gasteiger partial charge in [0.25, 0.3) is 0 Å². The van der Waals surface area contributed by atoms with Crippen LogP contribution in [0.1, 0.15) is 42.5 Å². The molecule has 0 aromatic carbocycles. The topological polar surface area (TPSA) is 72.7 Å². The van der Waals surface area contributed by atoms with Crippen molar-refractivity contribution < 1.29 is 14.3 Å². The zero-order valence-electron chi connectivity index (χ0n) is 20.0. The quantitative estimate of drug-likeness (QED) is 0.655. The Balaban J connectivity index is 1.30. The zero-order chi connectivity index (χ0) is 22.7. The van der Waals surface area contributed by atoms with Crippen LogP contribution in [0.15, 0.2) is 0 Å². The Morgan fingerprint density at radius 2 is 1.88 bits per heavy atom. The average molecular weight is 444 g/mol. The van der Waals surface area contributed by atoms with Crippen LogP contribution in [0.2, 0.25) is 0 Å². The molecule has 8 nitrogen and oxygen atoms in total. The van der Waals surface area contributed by atoms with Crippen molar-refractivity contribution in [2.24, 2.45) is 13.0 Å². The predicted molar refractivity (Wildman–Crippen MR) is 124 cm³/mol. The maximum atomic E-state index is 12.9. The van der Waals surface area contributed by atoms with Crippen LogP contribution in [0.5, 0.6) is 5.88 Å². The second-order valence-electron chi connectivity index (χ2n) is 9.20. The van der Waals surface area contributed by atoms with Gasteiger partial charge in [-0.3, -0.25) is 9.69 Å². The van der Waals surface area contributed by atoms with Crippen LogP contribution < -0.4 is 4.74 Å². The number of fused-ring (bicyclic) bond motifs is 1. The van der Waals surface area contributed by atoms with Crippen LogP contribution in [0, 0.1) is 19.8 Å². The molecule has 2 saturated heterocycles. The minimum Gasteiger partial charge on any atom is -0.479 e. The molecule has 0 atom stereocenters. The number of aromatic nitrogens is 3. The van der Waals surface area contributed by atoms with E-state index in [1.54, 1.807) is 11.8 Å². The number of ether oxygens (including phenoxy) is 2. The fourth-order valence-corrected chi connectivity index (χ4v) is 5.16. The first-order valence-electron chi connectivity index (χ1n) is 11.9. The Bertz CT molecular complexity index is 943. The summed E-state index contributed by atoms with van der Waals surface area (Å²) in [6.45, 7) is 10.9. The third-order valence-corrected chi connectivity index (χ3v) is 7.23. The number of aryl methyl sites for hydroxylation is 3. The lowest BCUT2D eigenvalue weighted by molar-refractivity contribution is -0.132. The summed E-state index contributed by atoms with van der Waals surface area (Å²) < 4.78 is 12.6. The van der Waals surface area contributed by atoms with Gasteiger partial charge < -0.3 is 14.4 Å². The number of amides is 1. The van der Waals surface area contributed by atoms with Crippen molar-refractivity contribution in [3.05, 3.63) is 16.8 Å². The first kappa shape index (κ1) is 23.0. The summed E-state index contributed by atoms with van der Waals surface area (Å²) in [5, 5.41) is 5.37. The number of rotatable bonds is 7. The van der Waals surface area contributed by atoms with E-state index in [0.29, 0.717) is 18.7 Å². The van der Waals surface area contributed by atoms with Crippen LogP contribution in [-0.4, -0.2) is 83.5 Å². The summed E-state index contributed by atoms with van der Waals surface area (Å²) >= 11 is 0. The lowest BCUT2D eigenvalue weighted by atomic mass is 9.92. The Morgan fingerprint density at radius 1 is 1.16 bits per heavy atom. The molecule has 0 unspecified atom stereocenters. The lowest BCUT2D eigenvalue weighted by Gasteiger charge is -2.34. The number of piperidine rings is 1. The van der Waals surface area contributed by atoms with Crippen molar-refractivity contribution in [1.82, 2.24) is 24.6 Å². The number of pyridine rings is 1. The van der Waals surface area contributed by atoms with Gasteiger partial charge in [-0.25, -0.2) is 9.67 Å². The number of methoxy groups -OCH3 is 1. The van der Waals surface area contributed by atoms with Crippen molar-refractivity contribution in [3.63, 3.8) is 0 Å². The lowest BCUT2D eigenvalue weighted by Crippen LogP contribution is -2.41. The molecule has 4 rings (SSSR count). The number of carbonyl (C=O) groups is 1. The van der Waals surface area contributed by atoms with Crippen molar-refractivity contribution in [2.45, 2.75) is 46.0 Å². The zero-order valence-corrected chi connectivity index (χ0v) is 20.0. The van der Waals surface area contributed by atoms with Gasteiger partial charge in [0.1, 0.15) is 0 Å². The molecule has 176 valence electrons. The molecule has 2 aromatic heterocycles. The molecule has 32 heavy (non-hydrogen) atoms. The van der Waals surface area contributed by atoms with Gasteiger partial charge in [0.15, 0.2) is 5.65 Å². The number of hydrogen-bond donors (Lipinski definition) is 0. The predicted octanol–water partition coefficient (Wildman–Crippen LogP) is 2.49. The fourth-order valence-electron chi connectivity index (χ4n) is 5.16. The average Bonchev–Trinajstić information content (AvgIpc) is 3.14. The molecule has 0 N–H and O–H groups in total. The standard InChI is InChI=1S/C24H37N5O3/c1-17-20(18(2)25-23-22(17)24(31-4)26-27(23)3)5-6-21(30)29-11-8-19(9-12-29)7-10-28-13-15-32-16-14-28/h19H,5-16H2,1-4H3. The summed E-state index contributed by atoms with van der Waals surface area (Å²) in [6.07, 6.45) is 4.70. The van der Waals surface area contributed by atoms with E-state index in [2.05, 4.69) is 21.8 Å². The van der Waals surface area contributed by atoms with Crippen molar-refractivity contribution in [2.75, 3.05) is 53.0 Å². The maximum Gasteiger partial charge on any atom is 0.242 e. The van der Waals surface area contributed by atoms with Crippen molar-refractivity contribution in [3.8, 4) is 5.88 Å². The highest BCUT2D eigenvalue weighted by Crippen LogP contribution is 2.30. The molecule has 0 bridgehead atoms. The van der Waals surface area contributed by atoms with Crippen LogP contribution in [0.4, 0.5) is 0 Å². The second kappa shape index (κ2) is 10.2. The van der Waals surface area contributed by atoms with E-state index < -0.39 is 0 Å². The highest BCUT2D eigenvalue weighted by molar-refractivity contribution is 5.86. The van der Waals surface area contributed by atoms with Crippen molar-refractivity contribution >= 4 is 16.9 Å². The van der Waals surface area contributed by atoms with E-state index in [4.69, 9.17) is 14.5 Å². The van der Waals surface area contributed by atoms with Gasteiger partial charge in [0.05, 0.1) is 25.7 Å². The Kier molecular flexibility index (Phi) is 7.30. The molecule has 4 heterocycles. The van der Waals surface area contributed by atoms with Gasteiger partial charge >= 0.3 is 0 Å². The SMILES string of the molecule is COc1nn(C)c2nc(C)c(CCC(=O)N3CCC(CCN4CCOCC4)CC3)c(C)c12. The number of nitrogens with zero attached hydrogens (tertiary/aromatic N) is 5. The Morgan fingerprint density at radius 3 is 2.56 bits per heavy atom. The molecule has 2 aliphatic heterocycles. The van der Waals surface area contributed by atoms with Gasteiger partial charge in [0.2, 0.25) is 11.8 Å². The summed E-state index contributed by atoms with van der Waals surface area (Å²) in [4.78, 5) is 22.3. The van der Waals surface area contributed by atoms with E-state index in [9.17, 15) is 4.79 Å². The molecule has 1 amide bonds. The molecule has 2 aromatic rings. The second-order valence-corrected chi connectivity index (χ2v) is 9.20. The van der Waals surface area contributed by atoms with Gasteiger partial charge in [-0.15, -0.1) is 5.10 Å². The van der Waals surface area contributed by atoms with Crippen molar-refractivity contribution in [1.29, 1.82) is 0 Å².